The second-order valence-electron chi connectivity index (χ2n) is 6.63. The van der Waals surface area contributed by atoms with Crippen LogP contribution in [0.5, 0.6) is 0 Å². The molecule has 0 aromatic heterocycles. The third kappa shape index (κ3) is 3.13. The van der Waals surface area contributed by atoms with Gasteiger partial charge in [-0.3, -0.25) is 14.4 Å². The highest BCUT2D eigenvalue weighted by atomic mass is 16.4. The quantitative estimate of drug-likeness (QED) is 0.914. The monoisotopic (exact) mass is 330 g/mol. The van der Waals surface area contributed by atoms with Gasteiger partial charge in [-0.25, -0.2) is 0 Å². The Morgan fingerprint density at radius 1 is 1.12 bits per heavy atom. The minimum Gasteiger partial charge on any atom is -0.481 e. The molecule has 2 heterocycles. The van der Waals surface area contributed by atoms with Gasteiger partial charge >= 0.3 is 5.97 Å². The maximum atomic E-state index is 12.7. The van der Waals surface area contributed by atoms with Crippen molar-refractivity contribution in [2.24, 2.45) is 11.8 Å². The number of amides is 2. The number of aryl methyl sites for hydroxylation is 1. The summed E-state index contributed by atoms with van der Waals surface area (Å²) >= 11 is 0. The van der Waals surface area contributed by atoms with Gasteiger partial charge in [0.2, 0.25) is 11.8 Å². The van der Waals surface area contributed by atoms with E-state index in [1.165, 1.54) is 0 Å². The Hall–Kier alpha value is -2.37. The summed E-state index contributed by atoms with van der Waals surface area (Å²) in [7, 11) is 0. The Bertz CT molecular complexity index is 665. The van der Waals surface area contributed by atoms with Gasteiger partial charge in [-0.1, -0.05) is 18.2 Å². The molecule has 2 saturated heterocycles. The zero-order valence-corrected chi connectivity index (χ0v) is 13.8. The van der Waals surface area contributed by atoms with Gasteiger partial charge in [0.1, 0.15) is 0 Å². The predicted molar refractivity (Wildman–Crippen MR) is 88.6 cm³/mol. The minimum absolute atomic E-state index is 0.0247. The molecule has 3 rings (SSSR count). The Morgan fingerprint density at radius 3 is 2.42 bits per heavy atom. The van der Waals surface area contributed by atoms with Crippen molar-refractivity contribution >= 4 is 23.5 Å². The summed E-state index contributed by atoms with van der Waals surface area (Å²) in [6.07, 6.45) is 1.21. The Kier molecular flexibility index (Phi) is 4.55. The lowest BCUT2D eigenvalue weighted by Gasteiger charge is -2.31. The number of carboxylic acid groups (broad SMARTS) is 1. The van der Waals surface area contributed by atoms with E-state index in [4.69, 9.17) is 5.11 Å². The van der Waals surface area contributed by atoms with Crippen molar-refractivity contribution in [1.29, 1.82) is 0 Å². The van der Waals surface area contributed by atoms with Gasteiger partial charge in [0.25, 0.3) is 0 Å². The smallest absolute Gasteiger partial charge is 0.306 e. The first-order chi connectivity index (χ1) is 11.5. The van der Waals surface area contributed by atoms with Crippen molar-refractivity contribution < 1.29 is 19.5 Å². The molecule has 2 aliphatic heterocycles. The summed E-state index contributed by atoms with van der Waals surface area (Å²) < 4.78 is 0. The fraction of sp³-hybridized carbons (Fsp3) is 0.500. The number of rotatable bonds is 3. The van der Waals surface area contributed by atoms with Crippen LogP contribution in [0.3, 0.4) is 0 Å². The van der Waals surface area contributed by atoms with Crippen LogP contribution in [0.4, 0.5) is 5.69 Å². The molecule has 0 aliphatic carbocycles. The molecule has 6 nitrogen and oxygen atoms in total. The molecule has 0 radical (unpaired) electrons. The van der Waals surface area contributed by atoms with E-state index in [9.17, 15) is 14.4 Å². The number of carbonyl (C=O) groups excluding carboxylic acids is 2. The molecule has 1 N–H and O–H groups in total. The largest absolute Gasteiger partial charge is 0.481 e. The molecule has 1 aromatic carbocycles. The van der Waals surface area contributed by atoms with Crippen LogP contribution in [-0.2, 0) is 14.4 Å². The van der Waals surface area contributed by atoms with Crippen LogP contribution in [-0.4, -0.2) is 47.4 Å². The number of likely N-dealkylation sites (tertiary alicyclic amines) is 1. The summed E-state index contributed by atoms with van der Waals surface area (Å²) in [4.78, 5) is 39.5. The fourth-order valence-corrected chi connectivity index (χ4v) is 3.58. The van der Waals surface area contributed by atoms with E-state index in [1.54, 1.807) is 9.80 Å². The van der Waals surface area contributed by atoms with Crippen molar-refractivity contribution in [3.05, 3.63) is 29.8 Å². The van der Waals surface area contributed by atoms with E-state index in [1.807, 2.05) is 31.2 Å². The normalized spacial score (nSPS) is 22.0. The van der Waals surface area contributed by atoms with Gasteiger partial charge in [-0.15, -0.1) is 0 Å². The van der Waals surface area contributed by atoms with Crippen LogP contribution in [0, 0.1) is 18.8 Å². The molecule has 1 atom stereocenters. The summed E-state index contributed by atoms with van der Waals surface area (Å²) in [5.41, 5.74) is 1.88. The zero-order chi connectivity index (χ0) is 17.3. The van der Waals surface area contributed by atoms with Crippen LogP contribution in [0.1, 0.15) is 24.8 Å². The van der Waals surface area contributed by atoms with Gasteiger partial charge in [0, 0.05) is 31.7 Å². The molecule has 24 heavy (non-hydrogen) atoms. The lowest BCUT2D eigenvalue weighted by atomic mass is 9.95. The first kappa shape index (κ1) is 16.5. The highest BCUT2D eigenvalue weighted by Gasteiger charge is 2.38. The van der Waals surface area contributed by atoms with Crippen molar-refractivity contribution in [1.82, 2.24) is 4.90 Å². The van der Waals surface area contributed by atoms with Crippen LogP contribution >= 0.6 is 0 Å². The number of hydrogen-bond donors (Lipinski definition) is 1. The van der Waals surface area contributed by atoms with E-state index in [0.717, 1.165) is 11.3 Å². The van der Waals surface area contributed by atoms with E-state index in [0.29, 0.717) is 32.5 Å². The summed E-state index contributed by atoms with van der Waals surface area (Å²) in [6.45, 7) is 3.28. The molecule has 128 valence electrons. The summed E-state index contributed by atoms with van der Waals surface area (Å²) in [6, 6.07) is 7.67. The van der Waals surface area contributed by atoms with Gasteiger partial charge in [-0.2, -0.15) is 0 Å². The van der Waals surface area contributed by atoms with Crippen LogP contribution < -0.4 is 4.90 Å². The van der Waals surface area contributed by atoms with Gasteiger partial charge in [0.05, 0.1) is 11.8 Å². The van der Waals surface area contributed by atoms with E-state index in [2.05, 4.69) is 0 Å². The zero-order valence-electron chi connectivity index (χ0n) is 13.8. The number of nitrogens with zero attached hydrogens (tertiary/aromatic N) is 2. The van der Waals surface area contributed by atoms with Crippen LogP contribution in [0.2, 0.25) is 0 Å². The van der Waals surface area contributed by atoms with Crippen LogP contribution in [0.15, 0.2) is 24.3 Å². The maximum Gasteiger partial charge on any atom is 0.306 e. The summed E-state index contributed by atoms with van der Waals surface area (Å²) in [5, 5.41) is 9.04. The lowest BCUT2D eigenvalue weighted by Crippen LogP contribution is -2.43. The number of anilines is 1. The van der Waals surface area contributed by atoms with E-state index < -0.39 is 5.97 Å². The Morgan fingerprint density at radius 2 is 1.79 bits per heavy atom. The summed E-state index contributed by atoms with van der Waals surface area (Å²) in [5.74, 6) is -1.53. The van der Waals surface area contributed by atoms with Gasteiger partial charge in [-0.05, 0) is 31.4 Å². The molecule has 1 aromatic rings. The second-order valence-corrected chi connectivity index (χ2v) is 6.63. The number of hydrogen-bond acceptors (Lipinski definition) is 3. The van der Waals surface area contributed by atoms with Crippen molar-refractivity contribution in [2.45, 2.75) is 26.2 Å². The lowest BCUT2D eigenvalue weighted by molar-refractivity contribution is -0.146. The topological polar surface area (TPSA) is 77.9 Å². The Balaban J connectivity index is 1.65. The number of aliphatic carboxylic acids is 1. The molecular formula is C18H22N2O4. The number of para-hydroxylation sites is 1. The third-order valence-electron chi connectivity index (χ3n) is 5.04. The molecule has 2 fully saturated rings. The molecule has 1 unspecified atom stereocenters. The average molecular weight is 330 g/mol. The number of carboxylic acids is 1. The van der Waals surface area contributed by atoms with Crippen molar-refractivity contribution in [2.75, 3.05) is 24.5 Å². The predicted octanol–water partition coefficient (Wildman–Crippen LogP) is 1.67. The Labute approximate surface area is 141 Å². The molecule has 0 saturated carbocycles. The average Bonchev–Trinajstić information content (AvgIpc) is 2.96. The first-order valence-electron chi connectivity index (χ1n) is 8.35. The SMILES string of the molecule is Cc1ccccc1N1CC(C(=O)N2CCC(C(=O)O)CC2)CC1=O. The van der Waals surface area contributed by atoms with Crippen molar-refractivity contribution in [3.8, 4) is 0 Å². The molecule has 2 aliphatic rings. The van der Waals surface area contributed by atoms with E-state index in [-0.39, 0.29) is 30.1 Å². The number of benzene rings is 1. The van der Waals surface area contributed by atoms with Gasteiger partial charge in [0.15, 0.2) is 0 Å². The molecule has 2 amide bonds. The van der Waals surface area contributed by atoms with Crippen LogP contribution in [0.25, 0.3) is 0 Å². The van der Waals surface area contributed by atoms with Crippen molar-refractivity contribution in [3.63, 3.8) is 0 Å². The highest BCUT2D eigenvalue weighted by molar-refractivity contribution is 6.00. The standard InChI is InChI=1S/C18H22N2O4/c1-12-4-2-3-5-15(12)20-11-14(10-16(20)21)17(22)19-8-6-13(7-9-19)18(23)24/h2-5,13-14H,6-11H2,1H3,(H,23,24). The second kappa shape index (κ2) is 6.63. The number of carbonyl (C=O) groups is 3. The molecule has 0 spiro atoms. The van der Waals surface area contributed by atoms with E-state index >= 15 is 0 Å². The minimum atomic E-state index is -0.788. The van der Waals surface area contributed by atoms with Gasteiger partial charge < -0.3 is 14.9 Å². The highest BCUT2D eigenvalue weighted by Crippen LogP contribution is 2.29. The first-order valence-corrected chi connectivity index (χ1v) is 8.35. The third-order valence-corrected chi connectivity index (χ3v) is 5.04. The number of piperidine rings is 1. The molecule has 0 bridgehead atoms. The maximum absolute atomic E-state index is 12.7. The fourth-order valence-electron chi connectivity index (χ4n) is 3.58. The molecule has 6 heteroatoms. The molecular weight excluding hydrogens is 308 g/mol.